The minimum absolute atomic E-state index is 0.157. The minimum Gasteiger partial charge on any atom is -0.351 e. The van der Waals surface area contributed by atoms with Crippen LogP contribution in [-0.4, -0.2) is 21.1 Å². The molecule has 1 aromatic heterocycles. The summed E-state index contributed by atoms with van der Waals surface area (Å²) in [6, 6.07) is 0. The van der Waals surface area contributed by atoms with Crippen molar-refractivity contribution in [3.05, 3.63) is 17.5 Å². The number of nitrogens with one attached hydrogen (secondary N) is 1. The second-order valence-corrected chi connectivity index (χ2v) is 3.90. The van der Waals surface area contributed by atoms with E-state index in [1.807, 2.05) is 20.2 Å². The zero-order valence-corrected chi connectivity index (χ0v) is 9.30. The van der Waals surface area contributed by atoms with E-state index in [1.165, 1.54) is 0 Å². The number of aromatic nitrogens is 2. The van der Waals surface area contributed by atoms with Gasteiger partial charge >= 0.3 is 0 Å². The Hall–Kier alpha value is -1.03. The molecule has 0 aliphatic carbocycles. The van der Waals surface area contributed by atoms with Crippen LogP contribution in [0.2, 0.25) is 0 Å². The molecule has 14 heavy (non-hydrogen) atoms. The fraction of sp³-hybridized carbons (Fsp3) is 0.556. The van der Waals surface area contributed by atoms with Gasteiger partial charge in [0.1, 0.15) is 5.38 Å². The van der Waals surface area contributed by atoms with Gasteiger partial charge in [-0.25, -0.2) is 0 Å². The second kappa shape index (κ2) is 4.46. The number of hydrogen-bond acceptors (Lipinski definition) is 2. The molecular weight excluding hydrogens is 202 g/mol. The number of rotatable bonds is 3. The van der Waals surface area contributed by atoms with Crippen LogP contribution in [-0.2, 0) is 18.4 Å². The van der Waals surface area contributed by atoms with Crippen LogP contribution in [0.5, 0.6) is 0 Å². The quantitative estimate of drug-likeness (QED) is 0.764. The van der Waals surface area contributed by atoms with Gasteiger partial charge < -0.3 is 5.32 Å². The van der Waals surface area contributed by atoms with Crippen molar-refractivity contribution in [2.75, 3.05) is 0 Å². The number of carbonyl (C=O) groups is 1. The van der Waals surface area contributed by atoms with Gasteiger partial charge in [-0.1, -0.05) is 0 Å². The Bertz CT molecular complexity index is 333. The molecule has 1 atom stereocenters. The van der Waals surface area contributed by atoms with Crippen LogP contribution in [0, 0.1) is 6.92 Å². The Kier molecular flexibility index (Phi) is 3.52. The monoisotopic (exact) mass is 215 g/mol. The molecule has 78 valence electrons. The smallest absolute Gasteiger partial charge is 0.238 e. The van der Waals surface area contributed by atoms with Gasteiger partial charge in [-0.2, -0.15) is 5.10 Å². The van der Waals surface area contributed by atoms with Crippen LogP contribution < -0.4 is 5.32 Å². The predicted molar refractivity (Wildman–Crippen MR) is 55.1 cm³/mol. The third-order valence-corrected chi connectivity index (χ3v) is 2.13. The summed E-state index contributed by atoms with van der Waals surface area (Å²) in [6.07, 6.45) is 1.88. The van der Waals surface area contributed by atoms with Gasteiger partial charge in [0.2, 0.25) is 5.91 Å². The van der Waals surface area contributed by atoms with Crippen LogP contribution in [0.3, 0.4) is 0 Å². The van der Waals surface area contributed by atoms with E-state index in [1.54, 1.807) is 11.6 Å². The molecule has 0 aliphatic heterocycles. The SMILES string of the molecule is Cc1nn(C)cc1CNC(=O)C(C)Cl. The maximum absolute atomic E-state index is 11.2. The van der Waals surface area contributed by atoms with Gasteiger partial charge in [-0.05, 0) is 13.8 Å². The second-order valence-electron chi connectivity index (χ2n) is 3.25. The van der Waals surface area contributed by atoms with E-state index in [0.29, 0.717) is 6.54 Å². The van der Waals surface area contributed by atoms with Gasteiger partial charge in [0.25, 0.3) is 0 Å². The molecule has 0 aliphatic rings. The first kappa shape index (κ1) is 11.0. The first-order chi connectivity index (χ1) is 6.50. The number of amides is 1. The molecule has 0 spiro atoms. The molecule has 4 nitrogen and oxygen atoms in total. The van der Waals surface area contributed by atoms with Crippen molar-refractivity contribution < 1.29 is 4.79 Å². The highest BCUT2D eigenvalue weighted by molar-refractivity contribution is 6.30. The number of halogens is 1. The van der Waals surface area contributed by atoms with Crippen molar-refractivity contribution in [3.63, 3.8) is 0 Å². The molecule has 0 bridgehead atoms. The Morgan fingerprint density at radius 1 is 1.79 bits per heavy atom. The molecule has 1 N–H and O–H groups in total. The maximum Gasteiger partial charge on any atom is 0.238 e. The van der Waals surface area contributed by atoms with E-state index < -0.39 is 5.38 Å². The average Bonchev–Trinajstić information content (AvgIpc) is 2.40. The van der Waals surface area contributed by atoms with Crippen molar-refractivity contribution in [3.8, 4) is 0 Å². The Morgan fingerprint density at radius 2 is 2.43 bits per heavy atom. The first-order valence-corrected chi connectivity index (χ1v) is 4.85. The zero-order chi connectivity index (χ0) is 10.7. The summed E-state index contributed by atoms with van der Waals surface area (Å²) in [4.78, 5) is 11.2. The largest absolute Gasteiger partial charge is 0.351 e. The summed E-state index contributed by atoms with van der Waals surface area (Å²) in [5.74, 6) is -0.157. The summed E-state index contributed by atoms with van der Waals surface area (Å²) in [6.45, 7) is 4.04. The molecular formula is C9H14ClN3O. The lowest BCUT2D eigenvalue weighted by Crippen LogP contribution is -2.29. The molecule has 1 aromatic rings. The predicted octanol–water partition coefficient (Wildman–Crippen LogP) is 0.972. The first-order valence-electron chi connectivity index (χ1n) is 4.41. The molecule has 0 fully saturated rings. The van der Waals surface area contributed by atoms with Gasteiger partial charge in [0, 0.05) is 25.4 Å². The van der Waals surface area contributed by atoms with Gasteiger partial charge in [0.15, 0.2) is 0 Å². The highest BCUT2D eigenvalue weighted by Gasteiger charge is 2.09. The molecule has 0 aromatic carbocycles. The number of alkyl halides is 1. The lowest BCUT2D eigenvalue weighted by atomic mass is 10.2. The van der Waals surface area contributed by atoms with Crippen molar-refractivity contribution >= 4 is 17.5 Å². The topological polar surface area (TPSA) is 46.9 Å². The van der Waals surface area contributed by atoms with Crippen LogP contribution in [0.15, 0.2) is 6.20 Å². The number of carbonyl (C=O) groups excluding carboxylic acids is 1. The van der Waals surface area contributed by atoms with Crippen LogP contribution in [0.25, 0.3) is 0 Å². The number of hydrogen-bond donors (Lipinski definition) is 1. The Labute approximate surface area is 88.2 Å². The Balaban J connectivity index is 2.54. The summed E-state index contributed by atoms with van der Waals surface area (Å²) in [7, 11) is 1.85. The molecule has 1 heterocycles. The lowest BCUT2D eigenvalue weighted by Gasteiger charge is -2.04. The molecule has 0 saturated carbocycles. The summed E-state index contributed by atoms with van der Waals surface area (Å²) in [5.41, 5.74) is 1.94. The van der Waals surface area contributed by atoms with Gasteiger partial charge in [0.05, 0.1) is 5.69 Å². The third-order valence-electron chi connectivity index (χ3n) is 1.93. The number of nitrogens with zero attached hydrogens (tertiary/aromatic N) is 2. The van der Waals surface area contributed by atoms with Crippen molar-refractivity contribution in [2.24, 2.45) is 7.05 Å². The van der Waals surface area contributed by atoms with Gasteiger partial charge in [-0.15, -0.1) is 11.6 Å². The maximum atomic E-state index is 11.2. The van der Waals surface area contributed by atoms with Crippen LogP contribution in [0.4, 0.5) is 0 Å². The number of aryl methyl sites for hydroxylation is 2. The average molecular weight is 216 g/mol. The molecule has 1 unspecified atom stereocenters. The van der Waals surface area contributed by atoms with Crippen molar-refractivity contribution in [1.82, 2.24) is 15.1 Å². The molecule has 1 rings (SSSR count). The highest BCUT2D eigenvalue weighted by Crippen LogP contribution is 2.04. The molecule has 0 saturated heterocycles. The summed E-state index contributed by atoms with van der Waals surface area (Å²) in [5, 5.41) is 6.40. The molecule has 5 heteroatoms. The van der Waals surface area contributed by atoms with E-state index in [-0.39, 0.29) is 5.91 Å². The summed E-state index contributed by atoms with van der Waals surface area (Å²) < 4.78 is 1.72. The van der Waals surface area contributed by atoms with Crippen molar-refractivity contribution in [1.29, 1.82) is 0 Å². The fourth-order valence-electron chi connectivity index (χ4n) is 1.15. The van der Waals surface area contributed by atoms with E-state index in [9.17, 15) is 4.79 Å². The highest BCUT2D eigenvalue weighted by atomic mass is 35.5. The van der Waals surface area contributed by atoms with Crippen molar-refractivity contribution in [2.45, 2.75) is 25.8 Å². The normalized spacial score (nSPS) is 12.6. The van der Waals surface area contributed by atoms with E-state index in [4.69, 9.17) is 11.6 Å². The van der Waals surface area contributed by atoms with Gasteiger partial charge in [-0.3, -0.25) is 9.48 Å². The lowest BCUT2D eigenvalue weighted by molar-refractivity contribution is -0.120. The standard InChI is InChI=1S/C9H14ClN3O/c1-6(10)9(14)11-4-8-5-13(3)12-7(8)2/h5-6H,4H2,1-3H3,(H,11,14). The van der Waals surface area contributed by atoms with E-state index in [2.05, 4.69) is 10.4 Å². The molecule has 1 amide bonds. The van der Waals surface area contributed by atoms with E-state index in [0.717, 1.165) is 11.3 Å². The minimum atomic E-state index is -0.494. The molecule has 0 radical (unpaired) electrons. The third kappa shape index (κ3) is 2.73. The van der Waals surface area contributed by atoms with E-state index >= 15 is 0 Å². The fourth-order valence-corrected chi connectivity index (χ4v) is 1.22. The Morgan fingerprint density at radius 3 is 2.86 bits per heavy atom. The van der Waals surface area contributed by atoms with Crippen LogP contribution in [0.1, 0.15) is 18.2 Å². The van der Waals surface area contributed by atoms with Crippen LogP contribution >= 0.6 is 11.6 Å². The summed E-state index contributed by atoms with van der Waals surface area (Å²) >= 11 is 5.61. The zero-order valence-electron chi connectivity index (χ0n) is 8.54.